The molecule has 1 aliphatic heterocycles. The number of thioether (sulfide) groups is 1. The lowest BCUT2D eigenvalue weighted by atomic mass is 10.0. The molecule has 6 nitrogen and oxygen atoms in total. The third kappa shape index (κ3) is 4.13. The van der Waals surface area contributed by atoms with Gasteiger partial charge in [-0.1, -0.05) is 6.07 Å². The van der Waals surface area contributed by atoms with Gasteiger partial charge in [-0.05, 0) is 13.0 Å². The molecular weight excluding hydrogens is 366 g/mol. The fourth-order valence-corrected chi connectivity index (χ4v) is 4.28. The molecule has 144 valence electrons. The molecule has 2 heterocycles. The first-order valence-electron chi connectivity index (χ1n) is 8.63. The van der Waals surface area contributed by atoms with Crippen molar-refractivity contribution in [3.05, 3.63) is 51.6 Å². The number of aliphatic imine (C=N–C) groups is 1. The van der Waals surface area contributed by atoms with Gasteiger partial charge in [-0.3, -0.25) is 4.99 Å². The van der Waals surface area contributed by atoms with Gasteiger partial charge in [0.25, 0.3) is 0 Å². The molecule has 1 aromatic heterocycles. The van der Waals surface area contributed by atoms with Crippen molar-refractivity contribution < 1.29 is 18.6 Å². The maximum Gasteiger partial charge on any atom is 0.348 e. The molecule has 2 aromatic rings. The van der Waals surface area contributed by atoms with Gasteiger partial charge >= 0.3 is 5.63 Å². The summed E-state index contributed by atoms with van der Waals surface area (Å²) in [5, 5.41) is 0.0949. The van der Waals surface area contributed by atoms with Crippen molar-refractivity contribution in [2.45, 2.75) is 18.6 Å². The van der Waals surface area contributed by atoms with Crippen molar-refractivity contribution in [2.75, 3.05) is 33.6 Å². The van der Waals surface area contributed by atoms with Crippen molar-refractivity contribution in [1.29, 1.82) is 0 Å². The molecule has 1 atom stereocenters. The Hall–Kier alpha value is -2.41. The Morgan fingerprint density at radius 1 is 1.11 bits per heavy atom. The molecule has 1 aliphatic rings. The fraction of sp³-hybridized carbons (Fsp3) is 0.400. The molecule has 0 N–H and O–H groups in total. The van der Waals surface area contributed by atoms with E-state index in [0.717, 1.165) is 22.8 Å². The minimum Gasteiger partial charge on any atom is -0.497 e. The quantitative estimate of drug-likeness (QED) is 0.778. The Bertz CT molecular complexity index is 906. The van der Waals surface area contributed by atoms with E-state index in [1.54, 1.807) is 46.1 Å². The summed E-state index contributed by atoms with van der Waals surface area (Å²) in [4.78, 5) is 17.2. The van der Waals surface area contributed by atoms with E-state index < -0.39 is 5.63 Å². The summed E-state index contributed by atoms with van der Waals surface area (Å²) in [6, 6.07) is 7.52. The third-order valence-corrected chi connectivity index (χ3v) is 5.67. The summed E-state index contributed by atoms with van der Waals surface area (Å²) in [7, 11) is 4.82. The Morgan fingerprint density at radius 3 is 2.59 bits per heavy atom. The average molecular weight is 389 g/mol. The van der Waals surface area contributed by atoms with Crippen molar-refractivity contribution in [1.82, 2.24) is 0 Å². The average Bonchev–Trinajstić information content (AvgIpc) is 2.92. The van der Waals surface area contributed by atoms with Crippen molar-refractivity contribution in [3.63, 3.8) is 0 Å². The summed E-state index contributed by atoms with van der Waals surface area (Å²) < 4.78 is 21.6. The predicted molar refractivity (Wildman–Crippen MR) is 107 cm³/mol. The highest BCUT2D eigenvalue weighted by Gasteiger charge is 2.26. The SMILES string of the molecule is COc1ccc(C2CC(c3c(OC)cc(C)oc3=O)=NCCS2)c(OC)c1. The van der Waals surface area contributed by atoms with Gasteiger partial charge in [-0.25, -0.2) is 4.79 Å². The molecule has 0 spiro atoms. The molecule has 0 saturated heterocycles. The van der Waals surface area contributed by atoms with Crippen LogP contribution in [0.25, 0.3) is 0 Å². The van der Waals surface area contributed by atoms with E-state index in [1.807, 2.05) is 18.2 Å². The number of rotatable bonds is 5. The second-order valence-electron chi connectivity index (χ2n) is 6.09. The zero-order valence-corrected chi connectivity index (χ0v) is 16.7. The summed E-state index contributed by atoms with van der Waals surface area (Å²) >= 11 is 1.79. The molecule has 0 saturated carbocycles. The van der Waals surface area contributed by atoms with Crippen molar-refractivity contribution >= 4 is 17.5 Å². The molecule has 1 aromatic carbocycles. The number of aryl methyl sites for hydroxylation is 1. The van der Waals surface area contributed by atoms with Crippen LogP contribution in [0.15, 0.2) is 38.5 Å². The van der Waals surface area contributed by atoms with Crippen molar-refractivity contribution in [3.8, 4) is 17.2 Å². The van der Waals surface area contributed by atoms with E-state index in [9.17, 15) is 4.79 Å². The summed E-state index contributed by atoms with van der Waals surface area (Å²) in [6.45, 7) is 2.36. The first-order chi connectivity index (χ1) is 13.1. The molecule has 3 rings (SSSR count). The highest BCUT2D eigenvalue weighted by Crippen LogP contribution is 2.41. The van der Waals surface area contributed by atoms with Gasteiger partial charge in [0.15, 0.2) is 0 Å². The number of hydrogen-bond acceptors (Lipinski definition) is 7. The first-order valence-corrected chi connectivity index (χ1v) is 9.68. The molecule has 7 heteroatoms. The largest absolute Gasteiger partial charge is 0.497 e. The van der Waals surface area contributed by atoms with Crippen LogP contribution in [0.2, 0.25) is 0 Å². The maximum absolute atomic E-state index is 12.5. The Kier molecular flexibility index (Phi) is 6.11. The number of nitrogens with zero attached hydrogens (tertiary/aromatic N) is 1. The molecule has 0 aliphatic carbocycles. The lowest BCUT2D eigenvalue weighted by molar-refractivity contribution is 0.391. The van der Waals surface area contributed by atoms with E-state index >= 15 is 0 Å². The van der Waals surface area contributed by atoms with Gasteiger partial charge in [0.1, 0.15) is 28.6 Å². The monoisotopic (exact) mass is 389 g/mol. The summed E-state index contributed by atoms with van der Waals surface area (Å²) in [5.74, 6) is 3.36. The molecule has 0 fully saturated rings. The lowest BCUT2D eigenvalue weighted by Gasteiger charge is -2.19. The summed E-state index contributed by atoms with van der Waals surface area (Å²) in [5.41, 5.74) is 1.74. The van der Waals surface area contributed by atoms with E-state index in [2.05, 4.69) is 4.99 Å². The van der Waals surface area contributed by atoms with Crippen LogP contribution in [0, 0.1) is 6.92 Å². The van der Waals surface area contributed by atoms with E-state index in [0.29, 0.717) is 35.8 Å². The normalized spacial score (nSPS) is 17.0. The molecule has 0 radical (unpaired) electrons. The summed E-state index contributed by atoms with van der Waals surface area (Å²) in [6.07, 6.45) is 0.581. The highest BCUT2D eigenvalue weighted by molar-refractivity contribution is 7.99. The van der Waals surface area contributed by atoms with Gasteiger partial charge in [-0.2, -0.15) is 11.8 Å². The molecule has 0 bridgehead atoms. The van der Waals surface area contributed by atoms with E-state index in [1.165, 1.54) is 0 Å². The number of benzene rings is 1. The van der Waals surface area contributed by atoms with Crippen LogP contribution < -0.4 is 19.8 Å². The molecule has 0 amide bonds. The zero-order valence-electron chi connectivity index (χ0n) is 15.9. The van der Waals surface area contributed by atoms with Crippen LogP contribution in [-0.4, -0.2) is 39.3 Å². The van der Waals surface area contributed by atoms with Gasteiger partial charge in [0.2, 0.25) is 0 Å². The minimum atomic E-state index is -0.419. The molecule has 1 unspecified atom stereocenters. The lowest BCUT2D eigenvalue weighted by Crippen LogP contribution is -2.18. The fourth-order valence-electron chi connectivity index (χ4n) is 3.15. The minimum absolute atomic E-state index is 0.0949. The number of ether oxygens (including phenoxy) is 3. The molecule has 27 heavy (non-hydrogen) atoms. The van der Waals surface area contributed by atoms with Crippen LogP contribution in [0.1, 0.15) is 28.6 Å². The Labute approximate surface area is 162 Å². The predicted octanol–water partition coefficient (Wildman–Crippen LogP) is 3.64. The van der Waals surface area contributed by atoms with Gasteiger partial charge < -0.3 is 18.6 Å². The second kappa shape index (κ2) is 8.52. The van der Waals surface area contributed by atoms with Gasteiger partial charge in [-0.15, -0.1) is 0 Å². The smallest absolute Gasteiger partial charge is 0.348 e. The standard InChI is InChI=1S/C20H23NO5S/c1-12-9-17(25-4)19(20(22)26-12)15-11-18(27-8-7-21-15)14-6-5-13(23-2)10-16(14)24-3/h5-6,9-10,18H,7-8,11H2,1-4H3. The van der Waals surface area contributed by atoms with E-state index in [-0.39, 0.29) is 5.25 Å². The van der Waals surface area contributed by atoms with Gasteiger partial charge in [0.05, 0.1) is 27.0 Å². The number of methoxy groups -OCH3 is 3. The van der Waals surface area contributed by atoms with E-state index in [4.69, 9.17) is 18.6 Å². The first kappa shape index (κ1) is 19.4. The topological polar surface area (TPSA) is 70.3 Å². The highest BCUT2D eigenvalue weighted by atomic mass is 32.2. The van der Waals surface area contributed by atoms with Crippen LogP contribution in [0.4, 0.5) is 0 Å². The van der Waals surface area contributed by atoms with Crippen molar-refractivity contribution in [2.24, 2.45) is 4.99 Å². The van der Waals surface area contributed by atoms with Crippen LogP contribution >= 0.6 is 11.8 Å². The maximum atomic E-state index is 12.5. The Balaban J connectivity index is 2.00. The van der Waals surface area contributed by atoms with Crippen LogP contribution in [-0.2, 0) is 0 Å². The van der Waals surface area contributed by atoms with Crippen LogP contribution in [0.3, 0.4) is 0 Å². The zero-order chi connectivity index (χ0) is 19.4. The second-order valence-corrected chi connectivity index (χ2v) is 7.40. The van der Waals surface area contributed by atoms with Gasteiger partial charge in [0, 0.05) is 41.7 Å². The third-order valence-electron chi connectivity index (χ3n) is 4.43. The van der Waals surface area contributed by atoms with Crippen LogP contribution in [0.5, 0.6) is 17.2 Å². The molecular formula is C20H23NO5S. The Morgan fingerprint density at radius 2 is 1.89 bits per heavy atom. The number of hydrogen-bond donors (Lipinski definition) is 0.